The van der Waals surface area contributed by atoms with Gasteiger partial charge in [-0.15, -0.1) is 0 Å². The SMILES string of the molecule is COc1cc(C(=O)Nc2ccc(OC)c(OC3CCCC3)c2)ccc1OCC(=O)NC(C)C. The Morgan fingerprint density at radius 1 is 0.939 bits per heavy atom. The molecule has 0 heterocycles. The second-order valence-electron chi connectivity index (χ2n) is 8.22. The van der Waals surface area contributed by atoms with Crippen molar-refractivity contribution >= 4 is 17.5 Å². The molecule has 2 N–H and O–H groups in total. The van der Waals surface area contributed by atoms with Gasteiger partial charge in [0.1, 0.15) is 0 Å². The minimum atomic E-state index is -0.311. The number of hydrogen-bond donors (Lipinski definition) is 2. The predicted octanol–water partition coefficient (Wildman–Crippen LogP) is 4.18. The van der Waals surface area contributed by atoms with Crippen molar-refractivity contribution in [3.63, 3.8) is 0 Å². The Kier molecular flexibility index (Phi) is 8.40. The molecule has 1 aliphatic carbocycles. The molecule has 178 valence electrons. The zero-order valence-corrected chi connectivity index (χ0v) is 19.6. The van der Waals surface area contributed by atoms with Gasteiger partial charge in [-0.2, -0.15) is 0 Å². The molecule has 0 spiro atoms. The maximum atomic E-state index is 12.8. The number of carbonyl (C=O) groups is 2. The molecular weight excluding hydrogens is 424 g/mol. The number of carbonyl (C=O) groups excluding carboxylic acids is 2. The van der Waals surface area contributed by atoms with E-state index in [4.69, 9.17) is 18.9 Å². The van der Waals surface area contributed by atoms with Crippen molar-refractivity contribution in [3.8, 4) is 23.0 Å². The summed E-state index contributed by atoms with van der Waals surface area (Å²) in [6, 6.07) is 10.1. The minimum absolute atomic E-state index is 0.0242. The van der Waals surface area contributed by atoms with Gasteiger partial charge in [0, 0.05) is 23.4 Å². The van der Waals surface area contributed by atoms with E-state index in [1.807, 2.05) is 13.8 Å². The lowest BCUT2D eigenvalue weighted by Gasteiger charge is -2.17. The van der Waals surface area contributed by atoms with Crippen molar-refractivity contribution in [2.75, 3.05) is 26.1 Å². The van der Waals surface area contributed by atoms with Crippen LogP contribution in [-0.4, -0.2) is 44.8 Å². The number of amides is 2. The molecule has 1 fully saturated rings. The number of benzene rings is 2. The summed E-state index contributed by atoms with van der Waals surface area (Å²) in [5.41, 5.74) is 0.985. The van der Waals surface area contributed by atoms with E-state index in [1.165, 1.54) is 7.11 Å². The Morgan fingerprint density at radius 3 is 2.30 bits per heavy atom. The van der Waals surface area contributed by atoms with E-state index in [-0.39, 0.29) is 30.6 Å². The highest BCUT2D eigenvalue weighted by Crippen LogP contribution is 2.34. The number of ether oxygens (including phenoxy) is 4. The van der Waals surface area contributed by atoms with Crippen molar-refractivity contribution < 1.29 is 28.5 Å². The first-order valence-corrected chi connectivity index (χ1v) is 11.2. The summed E-state index contributed by atoms with van der Waals surface area (Å²) in [4.78, 5) is 24.7. The van der Waals surface area contributed by atoms with Crippen LogP contribution in [0.3, 0.4) is 0 Å². The summed E-state index contributed by atoms with van der Waals surface area (Å²) >= 11 is 0. The van der Waals surface area contributed by atoms with E-state index in [0.717, 1.165) is 25.7 Å². The van der Waals surface area contributed by atoms with Gasteiger partial charge < -0.3 is 29.6 Å². The molecule has 0 aromatic heterocycles. The second kappa shape index (κ2) is 11.4. The Morgan fingerprint density at radius 2 is 1.64 bits per heavy atom. The fraction of sp³-hybridized carbons (Fsp3) is 0.440. The van der Waals surface area contributed by atoms with E-state index >= 15 is 0 Å². The van der Waals surface area contributed by atoms with Gasteiger partial charge in [-0.1, -0.05) is 0 Å². The summed E-state index contributed by atoms with van der Waals surface area (Å²) < 4.78 is 22.4. The largest absolute Gasteiger partial charge is 0.493 e. The van der Waals surface area contributed by atoms with Gasteiger partial charge >= 0.3 is 0 Å². The summed E-state index contributed by atoms with van der Waals surface area (Å²) in [5.74, 6) is 1.44. The zero-order chi connectivity index (χ0) is 23.8. The molecule has 0 unspecified atom stereocenters. The third kappa shape index (κ3) is 6.78. The highest BCUT2D eigenvalue weighted by atomic mass is 16.5. The van der Waals surface area contributed by atoms with Gasteiger partial charge in [0.25, 0.3) is 11.8 Å². The maximum absolute atomic E-state index is 12.8. The van der Waals surface area contributed by atoms with Gasteiger partial charge in [-0.3, -0.25) is 9.59 Å². The molecule has 0 bridgehead atoms. The molecule has 0 aliphatic heterocycles. The number of nitrogens with one attached hydrogen (secondary N) is 2. The standard InChI is InChI=1S/C25H32N2O6/c1-16(2)26-24(28)15-32-21-11-9-17(13-22(21)31-4)25(29)27-18-10-12-20(30-3)23(14-18)33-19-7-5-6-8-19/h9-14,16,19H,5-8,15H2,1-4H3,(H,26,28)(H,27,29). The van der Waals surface area contributed by atoms with Crippen molar-refractivity contribution in [1.82, 2.24) is 5.32 Å². The zero-order valence-electron chi connectivity index (χ0n) is 19.6. The molecule has 1 aliphatic rings. The summed E-state index contributed by atoms with van der Waals surface area (Å²) in [6.07, 6.45) is 4.53. The van der Waals surface area contributed by atoms with Gasteiger partial charge in [-0.05, 0) is 69.9 Å². The lowest BCUT2D eigenvalue weighted by molar-refractivity contribution is -0.123. The van der Waals surface area contributed by atoms with Crippen molar-refractivity contribution in [3.05, 3.63) is 42.0 Å². The Balaban J connectivity index is 1.68. The number of anilines is 1. The lowest BCUT2D eigenvalue weighted by atomic mass is 10.1. The normalized spacial score (nSPS) is 13.5. The molecule has 2 aromatic rings. The maximum Gasteiger partial charge on any atom is 0.258 e. The topological polar surface area (TPSA) is 95.1 Å². The molecule has 0 saturated heterocycles. The van der Waals surface area contributed by atoms with Crippen molar-refractivity contribution in [1.29, 1.82) is 0 Å². The Labute approximate surface area is 194 Å². The van der Waals surface area contributed by atoms with Gasteiger partial charge in [0.15, 0.2) is 29.6 Å². The highest BCUT2D eigenvalue weighted by molar-refractivity contribution is 6.04. The van der Waals surface area contributed by atoms with Crippen LogP contribution < -0.4 is 29.6 Å². The lowest BCUT2D eigenvalue weighted by Crippen LogP contribution is -2.34. The molecular formula is C25H32N2O6. The fourth-order valence-corrected chi connectivity index (χ4v) is 3.67. The molecule has 3 rings (SSSR count). The summed E-state index contributed by atoms with van der Waals surface area (Å²) in [6.45, 7) is 3.60. The monoisotopic (exact) mass is 456 g/mol. The average molecular weight is 457 g/mol. The number of hydrogen-bond acceptors (Lipinski definition) is 6. The van der Waals surface area contributed by atoms with Crippen LogP contribution in [0.5, 0.6) is 23.0 Å². The molecule has 0 radical (unpaired) electrons. The van der Waals surface area contributed by atoms with Crippen LogP contribution in [0.1, 0.15) is 49.9 Å². The van der Waals surface area contributed by atoms with Crippen molar-refractivity contribution in [2.24, 2.45) is 0 Å². The van der Waals surface area contributed by atoms with Gasteiger partial charge in [0.2, 0.25) is 0 Å². The Hall–Kier alpha value is -3.42. The van der Waals surface area contributed by atoms with Crippen LogP contribution in [0, 0.1) is 0 Å². The van der Waals surface area contributed by atoms with Gasteiger partial charge in [0.05, 0.1) is 20.3 Å². The van der Waals surface area contributed by atoms with Crippen LogP contribution in [0.25, 0.3) is 0 Å². The van der Waals surface area contributed by atoms with Crippen molar-refractivity contribution in [2.45, 2.75) is 51.7 Å². The van der Waals surface area contributed by atoms with Crippen LogP contribution in [0.2, 0.25) is 0 Å². The molecule has 0 atom stereocenters. The second-order valence-corrected chi connectivity index (χ2v) is 8.22. The molecule has 8 heteroatoms. The smallest absolute Gasteiger partial charge is 0.258 e. The summed E-state index contributed by atoms with van der Waals surface area (Å²) in [5, 5.41) is 5.64. The van der Waals surface area contributed by atoms with E-state index in [9.17, 15) is 9.59 Å². The first kappa shape index (κ1) is 24.2. The summed E-state index contributed by atoms with van der Waals surface area (Å²) in [7, 11) is 3.08. The van der Waals surface area contributed by atoms with E-state index < -0.39 is 0 Å². The average Bonchev–Trinajstić information content (AvgIpc) is 3.30. The molecule has 8 nitrogen and oxygen atoms in total. The number of methoxy groups -OCH3 is 2. The third-order valence-electron chi connectivity index (χ3n) is 5.25. The fourth-order valence-electron chi connectivity index (χ4n) is 3.67. The van der Waals surface area contributed by atoms with Gasteiger partial charge in [-0.25, -0.2) is 0 Å². The van der Waals surface area contributed by atoms with Crippen LogP contribution in [0.4, 0.5) is 5.69 Å². The quantitative estimate of drug-likeness (QED) is 0.557. The predicted molar refractivity (Wildman–Crippen MR) is 126 cm³/mol. The molecule has 2 aromatic carbocycles. The molecule has 2 amide bonds. The van der Waals surface area contributed by atoms with Crippen LogP contribution in [0.15, 0.2) is 36.4 Å². The van der Waals surface area contributed by atoms with Crippen LogP contribution >= 0.6 is 0 Å². The first-order chi connectivity index (χ1) is 15.9. The third-order valence-corrected chi connectivity index (χ3v) is 5.25. The highest BCUT2D eigenvalue weighted by Gasteiger charge is 2.19. The van der Waals surface area contributed by atoms with E-state index in [0.29, 0.717) is 34.2 Å². The molecule has 1 saturated carbocycles. The minimum Gasteiger partial charge on any atom is -0.493 e. The van der Waals surface area contributed by atoms with Crippen LogP contribution in [-0.2, 0) is 4.79 Å². The first-order valence-electron chi connectivity index (χ1n) is 11.2. The Bertz CT molecular complexity index is 969. The number of rotatable bonds is 10. The molecule has 33 heavy (non-hydrogen) atoms. The van der Waals surface area contributed by atoms with E-state index in [2.05, 4.69) is 10.6 Å². The van der Waals surface area contributed by atoms with E-state index in [1.54, 1.807) is 43.5 Å².